The summed E-state index contributed by atoms with van der Waals surface area (Å²) in [4.78, 5) is 9.83. The number of aryl methyl sites for hydroxylation is 1. The Morgan fingerprint density at radius 2 is 2.54 bits per heavy atom. The summed E-state index contributed by atoms with van der Waals surface area (Å²) in [7, 11) is 0. The van der Waals surface area contributed by atoms with Crippen LogP contribution in [0.1, 0.15) is 9.88 Å². The number of amidine groups is 1. The van der Waals surface area contributed by atoms with Gasteiger partial charge in [-0.2, -0.15) is 0 Å². The van der Waals surface area contributed by atoms with Crippen LogP contribution in [0.5, 0.6) is 0 Å². The summed E-state index contributed by atoms with van der Waals surface area (Å²) in [5.74, 6) is 1.11. The summed E-state index contributed by atoms with van der Waals surface area (Å²) >= 11 is 3.52. The van der Waals surface area contributed by atoms with Crippen molar-refractivity contribution in [1.82, 2.24) is 10.3 Å². The van der Waals surface area contributed by atoms with Gasteiger partial charge in [0.2, 0.25) is 0 Å². The van der Waals surface area contributed by atoms with Gasteiger partial charge in [0.05, 0.1) is 13.1 Å². The number of rotatable bonds is 2. The maximum atomic E-state index is 4.30. The predicted octanol–water partition coefficient (Wildman–Crippen LogP) is 1.64. The molecular formula is C8H11N3S2. The number of thioether (sulfide) groups is 1. The van der Waals surface area contributed by atoms with E-state index in [1.54, 1.807) is 23.1 Å². The zero-order chi connectivity index (χ0) is 9.10. The highest BCUT2D eigenvalue weighted by atomic mass is 32.2. The summed E-state index contributed by atoms with van der Waals surface area (Å²) in [5.41, 5.74) is 0. The first-order valence-electron chi connectivity index (χ1n) is 4.17. The number of hydrogen-bond acceptors (Lipinski definition) is 5. The Bertz CT molecular complexity index is 319. The normalized spacial score (nSPS) is 15.9. The molecule has 3 nitrogen and oxygen atoms in total. The molecular weight excluding hydrogens is 202 g/mol. The highest BCUT2D eigenvalue weighted by Crippen LogP contribution is 2.13. The predicted molar refractivity (Wildman–Crippen MR) is 58.5 cm³/mol. The van der Waals surface area contributed by atoms with Gasteiger partial charge in [0.15, 0.2) is 5.17 Å². The van der Waals surface area contributed by atoms with Crippen molar-refractivity contribution in [3.8, 4) is 0 Å². The van der Waals surface area contributed by atoms with Gasteiger partial charge in [-0.3, -0.25) is 4.99 Å². The second-order valence-corrected chi connectivity index (χ2v) is 5.16. The minimum absolute atomic E-state index is 0.810. The quantitative estimate of drug-likeness (QED) is 0.811. The van der Waals surface area contributed by atoms with Crippen molar-refractivity contribution in [2.45, 2.75) is 13.5 Å². The van der Waals surface area contributed by atoms with Gasteiger partial charge in [-0.25, -0.2) is 4.98 Å². The summed E-state index contributed by atoms with van der Waals surface area (Å²) in [6, 6.07) is 0. The highest BCUT2D eigenvalue weighted by Gasteiger charge is 2.06. The molecule has 2 heterocycles. The third-order valence-corrected chi connectivity index (χ3v) is 3.49. The van der Waals surface area contributed by atoms with E-state index < -0.39 is 0 Å². The number of aliphatic imine (C=N–C) groups is 1. The fourth-order valence-corrected chi connectivity index (χ4v) is 2.54. The number of hydrogen-bond donors (Lipinski definition) is 1. The molecule has 0 saturated carbocycles. The molecule has 0 atom stereocenters. The minimum Gasteiger partial charge on any atom is -0.358 e. The van der Waals surface area contributed by atoms with Crippen molar-refractivity contribution in [3.05, 3.63) is 16.1 Å². The van der Waals surface area contributed by atoms with Gasteiger partial charge in [0.25, 0.3) is 0 Å². The van der Waals surface area contributed by atoms with E-state index in [0.717, 1.165) is 29.0 Å². The second kappa shape index (κ2) is 4.11. The Kier molecular flexibility index (Phi) is 2.85. The van der Waals surface area contributed by atoms with Gasteiger partial charge in [0.1, 0.15) is 5.01 Å². The molecule has 0 aliphatic carbocycles. The summed E-state index contributed by atoms with van der Waals surface area (Å²) in [5, 5.41) is 5.47. The molecule has 0 aromatic carbocycles. The van der Waals surface area contributed by atoms with Crippen molar-refractivity contribution in [2.75, 3.05) is 12.3 Å². The molecule has 5 heteroatoms. The van der Waals surface area contributed by atoms with Crippen molar-refractivity contribution in [2.24, 2.45) is 4.99 Å². The van der Waals surface area contributed by atoms with Crippen LogP contribution in [-0.2, 0) is 6.54 Å². The van der Waals surface area contributed by atoms with E-state index in [2.05, 4.69) is 22.2 Å². The van der Waals surface area contributed by atoms with Crippen LogP contribution in [0, 0.1) is 6.92 Å². The van der Waals surface area contributed by atoms with Crippen LogP contribution >= 0.6 is 23.1 Å². The van der Waals surface area contributed by atoms with Crippen molar-refractivity contribution >= 4 is 28.3 Å². The molecule has 1 aliphatic rings. The van der Waals surface area contributed by atoms with E-state index >= 15 is 0 Å². The SMILES string of the molecule is Cc1cnc(CNC2=NCCS2)s1. The molecule has 1 N–H and O–H groups in total. The van der Waals surface area contributed by atoms with E-state index in [4.69, 9.17) is 0 Å². The van der Waals surface area contributed by atoms with Crippen molar-refractivity contribution in [3.63, 3.8) is 0 Å². The zero-order valence-corrected chi connectivity index (χ0v) is 9.04. The largest absolute Gasteiger partial charge is 0.358 e. The molecule has 1 aromatic heterocycles. The summed E-state index contributed by atoms with van der Waals surface area (Å²) < 4.78 is 0. The fourth-order valence-electron chi connectivity index (χ4n) is 1.08. The molecule has 0 saturated heterocycles. The molecule has 0 fully saturated rings. The van der Waals surface area contributed by atoms with Crippen LogP contribution in [-0.4, -0.2) is 22.4 Å². The van der Waals surface area contributed by atoms with Crippen LogP contribution in [0.4, 0.5) is 0 Å². The molecule has 0 bridgehead atoms. The van der Waals surface area contributed by atoms with E-state index in [-0.39, 0.29) is 0 Å². The first-order chi connectivity index (χ1) is 6.34. The Labute approximate surface area is 85.7 Å². The highest BCUT2D eigenvalue weighted by molar-refractivity contribution is 8.14. The van der Waals surface area contributed by atoms with Crippen LogP contribution in [0.25, 0.3) is 0 Å². The Balaban J connectivity index is 1.85. The molecule has 13 heavy (non-hydrogen) atoms. The summed E-state index contributed by atoms with van der Waals surface area (Å²) in [6.07, 6.45) is 1.91. The zero-order valence-electron chi connectivity index (χ0n) is 7.41. The lowest BCUT2D eigenvalue weighted by molar-refractivity contribution is 0.909. The van der Waals surface area contributed by atoms with Gasteiger partial charge < -0.3 is 5.32 Å². The van der Waals surface area contributed by atoms with E-state index in [0.29, 0.717) is 0 Å². The molecule has 2 rings (SSSR count). The van der Waals surface area contributed by atoms with E-state index in [1.165, 1.54) is 4.88 Å². The van der Waals surface area contributed by atoms with E-state index in [1.807, 2.05) is 6.20 Å². The average Bonchev–Trinajstić information content (AvgIpc) is 2.71. The van der Waals surface area contributed by atoms with Crippen LogP contribution < -0.4 is 5.32 Å². The molecule has 1 aromatic rings. The van der Waals surface area contributed by atoms with Gasteiger partial charge >= 0.3 is 0 Å². The van der Waals surface area contributed by atoms with Gasteiger partial charge in [-0.05, 0) is 6.92 Å². The maximum absolute atomic E-state index is 4.30. The minimum atomic E-state index is 0.810. The van der Waals surface area contributed by atoms with Crippen LogP contribution in [0.3, 0.4) is 0 Å². The van der Waals surface area contributed by atoms with Crippen molar-refractivity contribution in [1.29, 1.82) is 0 Å². The fraction of sp³-hybridized carbons (Fsp3) is 0.500. The monoisotopic (exact) mass is 213 g/mol. The molecule has 0 unspecified atom stereocenters. The molecule has 1 aliphatic heterocycles. The van der Waals surface area contributed by atoms with Crippen LogP contribution in [0.15, 0.2) is 11.2 Å². The van der Waals surface area contributed by atoms with Gasteiger partial charge in [0, 0.05) is 16.8 Å². The number of aromatic nitrogens is 1. The van der Waals surface area contributed by atoms with Crippen LogP contribution in [0.2, 0.25) is 0 Å². The second-order valence-electron chi connectivity index (χ2n) is 2.75. The third-order valence-electron chi connectivity index (χ3n) is 1.65. The lowest BCUT2D eigenvalue weighted by Gasteiger charge is -2.00. The molecule has 70 valence electrons. The average molecular weight is 213 g/mol. The third kappa shape index (κ3) is 2.45. The Morgan fingerprint density at radius 1 is 1.62 bits per heavy atom. The molecule has 0 amide bonds. The topological polar surface area (TPSA) is 37.3 Å². The van der Waals surface area contributed by atoms with Gasteiger partial charge in [-0.1, -0.05) is 11.8 Å². The maximum Gasteiger partial charge on any atom is 0.156 e. The lowest BCUT2D eigenvalue weighted by Crippen LogP contribution is -2.17. The van der Waals surface area contributed by atoms with Gasteiger partial charge in [-0.15, -0.1) is 11.3 Å². The standard InChI is InChI=1S/C8H11N3S2/c1-6-4-10-7(13-6)5-11-8-9-2-3-12-8/h4H,2-3,5H2,1H3,(H,9,11). The van der Waals surface area contributed by atoms with Crippen molar-refractivity contribution < 1.29 is 0 Å². The Hall–Kier alpha value is -0.550. The summed E-state index contributed by atoms with van der Waals surface area (Å²) in [6.45, 7) is 3.83. The van der Waals surface area contributed by atoms with E-state index in [9.17, 15) is 0 Å². The molecule has 0 radical (unpaired) electrons. The smallest absolute Gasteiger partial charge is 0.156 e. The number of nitrogens with zero attached hydrogens (tertiary/aromatic N) is 2. The Morgan fingerprint density at radius 3 is 3.15 bits per heavy atom. The first kappa shape index (κ1) is 9.02. The molecule has 0 spiro atoms. The number of thiazole rings is 1. The lowest BCUT2D eigenvalue weighted by atomic mass is 10.6. The number of nitrogens with one attached hydrogen (secondary N) is 1. The first-order valence-corrected chi connectivity index (χ1v) is 5.97.